The molecule has 2 heterocycles. The van der Waals surface area contributed by atoms with Gasteiger partial charge in [0.2, 0.25) is 12.3 Å². The fourth-order valence-electron chi connectivity index (χ4n) is 4.65. The molecule has 1 saturated carbocycles. The van der Waals surface area contributed by atoms with E-state index in [0.29, 0.717) is 43.8 Å². The molecule has 0 aromatic carbocycles. The molecule has 1 saturated heterocycles. The zero-order chi connectivity index (χ0) is 22.9. The summed E-state index contributed by atoms with van der Waals surface area (Å²) >= 11 is 0. The Kier molecular flexibility index (Phi) is 8.55. The minimum atomic E-state index is -0.737. The Morgan fingerprint density at radius 1 is 1.25 bits per heavy atom. The Labute approximate surface area is 187 Å². The van der Waals surface area contributed by atoms with E-state index in [4.69, 9.17) is 0 Å². The van der Waals surface area contributed by atoms with Crippen LogP contribution in [0, 0.1) is 11.8 Å². The second kappa shape index (κ2) is 11.6. The monoisotopic (exact) mass is 445 g/mol. The first kappa shape index (κ1) is 23.6. The molecule has 1 aromatic rings. The summed E-state index contributed by atoms with van der Waals surface area (Å²) < 4.78 is 0. The standard InChI is InChI=1S/C22H31N5O5/c28-15-26(32)14-18(17-6-1-2-7-17)21(30)27-12-4-8-19(27)20(29)25-22(31)24-11-9-16-5-3-10-23-13-16/h3,5,10,13,15,17-19,32H,1-2,4,6-9,11-12,14H2,(H2,24,25,29,31)/t18?,19-/m0/s1. The smallest absolute Gasteiger partial charge is 0.321 e. The minimum Gasteiger partial charge on any atom is -0.337 e. The summed E-state index contributed by atoms with van der Waals surface area (Å²) in [5.74, 6) is -1.25. The molecule has 1 unspecified atom stereocenters. The minimum absolute atomic E-state index is 0.0668. The number of likely N-dealkylation sites (tertiary alicyclic amines) is 1. The Bertz CT molecular complexity index is 799. The van der Waals surface area contributed by atoms with Crippen molar-refractivity contribution in [2.24, 2.45) is 11.8 Å². The molecule has 2 aliphatic rings. The predicted octanol–water partition coefficient (Wildman–Crippen LogP) is 1.09. The van der Waals surface area contributed by atoms with E-state index in [2.05, 4.69) is 15.6 Å². The summed E-state index contributed by atoms with van der Waals surface area (Å²) in [6, 6.07) is 2.37. The van der Waals surface area contributed by atoms with Crippen LogP contribution >= 0.6 is 0 Å². The van der Waals surface area contributed by atoms with Gasteiger partial charge in [0.1, 0.15) is 6.04 Å². The molecule has 174 valence electrons. The molecule has 0 bridgehead atoms. The summed E-state index contributed by atoms with van der Waals surface area (Å²) in [6.45, 7) is 0.669. The molecule has 2 atom stereocenters. The number of hydrogen-bond acceptors (Lipinski definition) is 6. The fourth-order valence-corrected chi connectivity index (χ4v) is 4.65. The van der Waals surface area contributed by atoms with Crippen molar-refractivity contribution in [3.05, 3.63) is 30.1 Å². The van der Waals surface area contributed by atoms with Gasteiger partial charge in [-0.3, -0.25) is 29.9 Å². The van der Waals surface area contributed by atoms with Crippen molar-refractivity contribution in [1.82, 2.24) is 25.6 Å². The van der Waals surface area contributed by atoms with Crippen LogP contribution in [0.1, 0.15) is 44.1 Å². The molecule has 10 heteroatoms. The van der Waals surface area contributed by atoms with Crippen molar-refractivity contribution in [1.29, 1.82) is 0 Å². The maximum Gasteiger partial charge on any atom is 0.321 e. The molecule has 3 rings (SSSR count). The summed E-state index contributed by atoms with van der Waals surface area (Å²) in [5.41, 5.74) is 0.970. The molecule has 10 nitrogen and oxygen atoms in total. The van der Waals surface area contributed by atoms with Crippen molar-refractivity contribution in [3.63, 3.8) is 0 Å². The van der Waals surface area contributed by atoms with Crippen LogP contribution in [0.25, 0.3) is 0 Å². The molecule has 2 fully saturated rings. The number of hydrogen-bond donors (Lipinski definition) is 3. The zero-order valence-electron chi connectivity index (χ0n) is 18.1. The highest BCUT2D eigenvalue weighted by atomic mass is 16.5. The van der Waals surface area contributed by atoms with Crippen LogP contribution in [-0.2, 0) is 20.8 Å². The number of aromatic nitrogens is 1. The Morgan fingerprint density at radius 2 is 2.03 bits per heavy atom. The first-order valence-electron chi connectivity index (χ1n) is 11.2. The summed E-state index contributed by atoms with van der Waals surface area (Å²) in [7, 11) is 0. The van der Waals surface area contributed by atoms with Gasteiger partial charge in [0.05, 0.1) is 12.5 Å². The lowest BCUT2D eigenvalue weighted by molar-refractivity contribution is -0.159. The molecule has 0 spiro atoms. The first-order valence-corrected chi connectivity index (χ1v) is 11.2. The highest BCUT2D eigenvalue weighted by Crippen LogP contribution is 2.34. The van der Waals surface area contributed by atoms with Crippen molar-refractivity contribution in [2.45, 2.75) is 51.0 Å². The van der Waals surface area contributed by atoms with Gasteiger partial charge in [0, 0.05) is 25.5 Å². The average molecular weight is 446 g/mol. The number of amides is 5. The van der Waals surface area contributed by atoms with Crippen LogP contribution in [0.3, 0.4) is 0 Å². The molecule has 1 aromatic heterocycles. The van der Waals surface area contributed by atoms with E-state index >= 15 is 0 Å². The van der Waals surface area contributed by atoms with Crippen LogP contribution < -0.4 is 10.6 Å². The maximum atomic E-state index is 13.3. The number of imide groups is 1. The summed E-state index contributed by atoms with van der Waals surface area (Å²) in [4.78, 5) is 54.6. The zero-order valence-corrected chi connectivity index (χ0v) is 18.1. The normalized spacial score (nSPS) is 19.4. The van der Waals surface area contributed by atoms with E-state index in [1.165, 1.54) is 4.90 Å². The fraction of sp³-hybridized carbons (Fsp3) is 0.591. The van der Waals surface area contributed by atoms with Gasteiger partial charge in [0.15, 0.2) is 0 Å². The van der Waals surface area contributed by atoms with Crippen LogP contribution in [0.4, 0.5) is 4.79 Å². The van der Waals surface area contributed by atoms with Crippen LogP contribution in [0.15, 0.2) is 24.5 Å². The van der Waals surface area contributed by atoms with E-state index in [1.54, 1.807) is 12.4 Å². The Balaban J connectivity index is 1.55. The first-order chi connectivity index (χ1) is 15.5. The predicted molar refractivity (Wildman–Crippen MR) is 114 cm³/mol. The van der Waals surface area contributed by atoms with Crippen molar-refractivity contribution < 1.29 is 24.4 Å². The lowest BCUT2D eigenvalue weighted by Crippen LogP contribution is -2.53. The van der Waals surface area contributed by atoms with Crippen molar-refractivity contribution >= 4 is 24.3 Å². The van der Waals surface area contributed by atoms with E-state index in [9.17, 15) is 24.4 Å². The van der Waals surface area contributed by atoms with E-state index in [1.807, 2.05) is 12.1 Å². The molecule has 0 radical (unpaired) electrons. The highest BCUT2D eigenvalue weighted by molar-refractivity contribution is 5.99. The summed E-state index contributed by atoms with van der Waals surface area (Å²) in [6.07, 6.45) is 9.10. The van der Waals surface area contributed by atoms with E-state index < -0.39 is 23.9 Å². The number of nitrogens with one attached hydrogen (secondary N) is 2. The second-order valence-electron chi connectivity index (χ2n) is 8.42. The number of carbonyl (C=O) groups is 4. The molecular weight excluding hydrogens is 414 g/mol. The molecular formula is C22H31N5O5. The van der Waals surface area contributed by atoms with Gasteiger partial charge < -0.3 is 10.2 Å². The third-order valence-corrected chi connectivity index (χ3v) is 6.29. The Hall–Kier alpha value is -3.01. The Morgan fingerprint density at radius 3 is 2.72 bits per heavy atom. The van der Waals surface area contributed by atoms with E-state index in [-0.39, 0.29) is 18.4 Å². The number of urea groups is 1. The lowest BCUT2D eigenvalue weighted by Gasteiger charge is -2.31. The second-order valence-corrected chi connectivity index (χ2v) is 8.42. The molecule has 3 N–H and O–H groups in total. The van der Waals surface area contributed by atoms with Gasteiger partial charge in [-0.05, 0) is 49.7 Å². The SMILES string of the molecule is O=CN(O)CC(C(=O)N1CCC[C@H]1C(=O)NC(=O)NCCc1cccnc1)C1CCCC1. The number of rotatable bonds is 9. The molecule has 1 aliphatic heterocycles. The van der Waals surface area contributed by atoms with Crippen molar-refractivity contribution in [2.75, 3.05) is 19.6 Å². The lowest BCUT2D eigenvalue weighted by atomic mass is 9.89. The van der Waals surface area contributed by atoms with Crippen LogP contribution in [0.5, 0.6) is 0 Å². The number of nitrogens with zero attached hydrogens (tertiary/aromatic N) is 3. The number of hydroxylamine groups is 2. The highest BCUT2D eigenvalue weighted by Gasteiger charge is 2.41. The van der Waals surface area contributed by atoms with E-state index in [0.717, 1.165) is 31.2 Å². The van der Waals surface area contributed by atoms with Gasteiger partial charge in [0.25, 0.3) is 5.91 Å². The van der Waals surface area contributed by atoms with Crippen molar-refractivity contribution in [3.8, 4) is 0 Å². The summed E-state index contributed by atoms with van der Waals surface area (Å²) in [5, 5.41) is 15.2. The van der Waals surface area contributed by atoms with Crippen LogP contribution in [0.2, 0.25) is 0 Å². The third-order valence-electron chi connectivity index (χ3n) is 6.29. The topological polar surface area (TPSA) is 132 Å². The quantitative estimate of drug-likeness (QED) is 0.296. The largest absolute Gasteiger partial charge is 0.337 e. The third kappa shape index (κ3) is 6.25. The maximum absolute atomic E-state index is 13.3. The van der Waals surface area contributed by atoms with Gasteiger partial charge in [-0.2, -0.15) is 0 Å². The van der Waals surface area contributed by atoms with Gasteiger partial charge in [-0.25, -0.2) is 9.86 Å². The molecule has 32 heavy (non-hydrogen) atoms. The van der Waals surface area contributed by atoms with Gasteiger partial charge in [-0.1, -0.05) is 18.9 Å². The molecule has 1 aliphatic carbocycles. The average Bonchev–Trinajstić information content (AvgIpc) is 3.50. The number of carbonyl (C=O) groups excluding carboxylic acids is 4. The number of pyridine rings is 1. The van der Waals surface area contributed by atoms with Gasteiger partial charge in [-0.15, -0.1) is 0 Å². The van der Waals surface area contributed by atoms with Gasteiger partial charge >= 0.3 is 6.03 Å². The van der Waals surface area contributed by atoms with Crippen LogP contribution in [-0.4, -0.2) is 70.1 Å². The molecule has 5 amide bonds.